The number of rotatable bonds is 7. The van der Waals surface area contributed by atoms with Crippen molar-refractivity contribution in [1.29, 1.82) is 0 Å². The summed E-state index contributed by atoms with van der Waals surface area (Å²) in [6, 6.07) is 0. The van der Waals surface area contributed by atoms with Gasteiger partial charge in [-0.25, -0.2) is 0 Å². The zero-order valence-electron chi connectivity index (χ0n) is 40.3. The summed E-state index contributed by atoms with van der Waals surface area (Å²) in [4.78, 5) is 0. The fourth-order valence-corrected chi connectivity index (χ4v) is 10.4. The summed E-state index contributed by atoms with van der Waals surface area (Å²) in [5, 5.41) is 230. The average Bonchev–Trinajstić information content (AvgIpc) is 3.45. The van der Waals surface area contributed by atoms with Crippen LogP contribution in [-0.2, 0) is 66.3 Å². The molecule has 0 aliphatic carbocycles. The van der Waals surface area contributed by atoms with E-state index in [0.717, 1.165) is 0 Å². The Labute approximate surface area is 434 Å². The van der Waals surface area contributed by atoms with Gasteiger partial charge in [0, 0.05) is 0 Å². The van der Waals surface area contributed by atoms with Crippen LogP contribution in [0.1, 0.15) is 0 Å². The van der Waals surface area contributed by atoms with Crippen LogP contribution in [0.4, 0.5) is 0 Å². The Kier molecular flexibility index (Phi) is 20.8. The second-order valence-corrected chi connectivity index (χ2v) is 19.7. The Bertz CT molecular complexity index is 1470. The second-order valence-electron chi connectivity index (χ2n) is 19.7. The zero-order valence-corrected chi connectivity index (χ0v) is 40.3. The van der Waals surface area contributed by atoms with Crippen LogP contribution in [0.5, 0.6) is 0 Å². The Morgan fingerprint density at radius 1 is 0.156 bits per heavy atom. The van der Waals surface area contributed by atoms with Gasteiger partial charge in [-0.05, 0) is 0 Å². The van der Waals surface area contributed by atoms with Gasteiger partial charge in [0.2, 0.25) is 0 Å². The summed E-state index contributed by atoms with van der Waals surface area (Å²) < 4.78 is 79.5. The van der Waals surface area contributed by atoms with Crippen LogP contribution < -0.4 is 0 Å². The van der Waals surface area contributed by atoms with Crippen molar-refractivity contribution in [3.05, 3.63) is 0 Å². The van der Waals surface area contributed by atoms with Gasteiger partial charge in [0.25, 0.3) is 0 Å². The highest BCUT2D eigenvalue weighted by Gasteiger charge is 2.59. The Hall–Kier alpha value is -1.40. The lowest BCUT2D eigenvalue weighted by Gasteiger charge is -2.50. The van der Waals surface area contributed by atoms with Crippen LogP contribution in [-0.4, -0.2) is 368 Å². The normalized spacial score (nSPS) is 55.4. The first kappa shape index (κ1) is 61.7. The summed E-state index contributed by atoms with van der Waals surface area (Å²) in [6.45, 7) is -7.33. The van der Waals surface area contributed by atoms with Crippen molar-refractivity contribution in [3.8, 4) is 0 Å². The zero-order chi connectivity index (χ0) is 56.1. The molecule has 1 unspecified atom stereocenters. The third-order valence-corrected chi connectivity index (χ3v) is 14.8. The Morgan fingerprint density at radius 2 is 0.260 bits per heavy atom. The molecule has 21 heterocycles. The van der Waals surface area contributed by atoms with Crippen molar-refractivity contribution in [2.75, 3.05) is 46.2 Å². The third kappa shape index (κ3) is 12.1. The van der Waals surface area contributed by atoms with E-state index in [2.05, 4.69) is 0 Å². The predicted octanol–water partition coefficient (Wildman–Crippen LogP) is -15.2. The van der Waals surface area contributed by atoms with E-state index in [-0.39, 0.29) is 0 Å². The maximum atomic E-state index is 11.3. The van der Waals surface area contributed by atoms with Crippen LogP contribution in [0.3, 0.4) is 0 Å². The maximum Gasteiger partial charge on any atom is 0.187 e. The second kappa shape index (κ2) is 26.0. The van der Waals surface area contributed by atoms with Crippen molar-refractivity contribution >= 4 is 0 Å². The van der Waals surface area contributed by atoms with Crippen molar-refractivity contribution in [3.63, 3.8) is 0 Å². The van der Waals surface area contributed by atoms with Crippen LogP contribution >= 0.6 is 0 Å². The molecule has 21 fully saturated rings. The molecular weight excluding hydrogens is 1060 g/mol. The maximum absolute atomic E-state index is 11.3. The molecule has 21 rings (SSSR count). The average molecular weight is 1130 g/mol. The van der Waals surface area contributed by atoms with Gasteiger partial charge < -0.3 is 174 Å². The molecule has 0 amide bonds. The first-order chi connectivity index (χ1) is 36.7. The van der Waals surface area contributed by atoms with Gasteiger partial charge in [-0.15, -0.1) is 0 Å². The van der Waals surface area contributed by atoms with E-state index in [4.69, 9.17) is 66.3 Å². The quantitative estimate of drug-likeness (QED) is 0.113. The molecule has 21 N–H and O–H groups in total. The van der Waals surface area contributed by atoms with E-state index in [0.29, 0.717) is 0 Å². The number of hydrogen-bond acceptors (Lipinski definition) is 35. The molecule has 77 heavy (non-hydrogen) atoms. The molecule has 35 heteroatoms. The minimum absolute atomic E-state index is 1.05. The fourth-order valence-electron chi connectivity index (χ4n) is 10.4. The van der Waals surface area contributed by atoms with E-state index in [1.54, 1.807) is 0 Å². The van der Waals surface area contributed by atoms with Gasteiger partial charge in [-0.3, -0.25) is 0 Å². The summed E-state index contributed by atoms with van der Waals surface area (Å²) in [5.41, 5.74) is 0. The summed E-state index contributed by atoms with van der Waals surface area (Å²) in [5.74, 6) is 0. The monoisotopic (exact) mass is 1130 g/mol. The molecule has 35 atom stereocenters. The number of ether oxygens (including phenoxy) is 14. The van der Waals surface area contributed by atoms with Gasteiger partial charge in [-0.1, -0.05) is 0 Å². The van der Waals surface area contributed by atoms with Crippen molar-refractivity contribution in [1.82, 2.24) is 0 Å². The number of aliphatic hydroxyl groups is 21. The van der Waals surface area contributed by atoms with Gasteiger partial charge in [0.1, 0.15) is 171 Å². The lowest BCUT2D eigenvalue weighted by molar-refractivity contribution is -0.396. The molecule has 448 valence electrons. The molecule has 0 aromatic carbocycles. The van der Waals surface area contributed by atoms with E-state index in [1.165, 1.54) is 0 Å². The van der Waals surface area contributed by atoms with Gasteiger partial charge in [0.15, 0.2) is 44.0 Å². The highest BCUT2D eigenvalue weighted by Crippen LogP contribution is 2.39. The largest absolute Gasteiger partial charge is 0.394 e. The highest BCUT2D eigenvalue weighted by atomic mass is 16.8. The van der Waals surface area contributed by atoms with Gasteiger partial charge >= 0.3 is 0 Å². The van der Waals surface area contributed by atoms with Crippen LogP contribution in [0.25, 0.3) is 0 Å². The SMILES string of the molecule is OC[C@H]1O[C@@H]2O[C@H]3C(O)[C@@H](O)[C@@H](O[C@H]4[C@H](O)[C@@H](O)[C@@H](O[C@H]5[C@H](O)[C@@H](O)[C@@H](O[C@H]6[C@H](O)[C@@H](O)[C@@H](O[C@H]7[C@@H](O)[C@H](O)[C@@H](O[C@H]8[C@@H](O)[C@H](O)[C@@H](O[C@H]1[C@H](O)[C@H]2O)O[C@@H]8CO)O[C@@H]7CO)O[C@@H]6CO)O[C@@H]5CO)O[C@@H]4CO)O[C@@H]3CO. The smallest absolute Gasteiger partial charge is 0.187 e. The summed E-state index contributed by atoms with van der Waals surface area (Å²) >= 11 is 0. The van der Waals surface area contributed by atoms with Crippen molar-refractivity contribution in [2.24, 2.45) is 0 Å². The molecule has 21 saturated heterocycles. The molecule has 14 bridgehead atoms. The standard InChI is InChI=1S/C42H70O35/c43-1-8-29-15(50)22(57)36(64-8)72-30-9(2-44)66-38(24(59)17(30)52)74-32-11(4-46)68-40(26(61)19(32)54)76-34-13(6-48)70-42(28(63)21(34)56)77-35-14(7-49)69-41(27(62)20(35)55)75-33-12(5-47)67-39(25(60)18(33)53)73-31-10(3-45)65-37(71-29)23(58)16(31)51/h8-63H,1-7H2/t8-,9-,10-,11-,12-,13-,14-,15-,16-,17-,18?,19+,20-,21+,22-,23-,24-,25-,26+,27-,28+,29-,30-,31-,32-,33-,34-,35-,36-,37-,38-,39-,40-,41-,42-/m1/s1. The first-order valence-electron chi connectivity index (χ1n) is 24.6. The molecule has 35 nitrogen and oxygen atoms in total. The van der Waals surface area contributed by atoms with E-state index >= 15 is 0 Å². The molecule has 0 saturated carbocycles. The van der Waals surface area contributed by atoms with Gasteiger partial charge in [0.05, 0.1) is 46.2 Å². The predicted molar refractivity (Wildman–Crippen MR) is 228 cm³/mol. The molecular formula is C42H70O35. The molecule has 21 aliphatic rings. The summed E-state index contributed by atoms with van der Waals surface area (Å²) in [7, 11) is 0. The van der Waals surface area contributed by atoms with Gasteiger partial charge in [-0.2, -0.15) is 0 Å². The molecule has 0 aromatic rings. The van der Waals surface area contributed by atoms with Crippen molar-refractivity contribution < 1.29 is 174 Å². The van der Waals surface area contributed by atoms with Crippen LogP contribution in [0.2, 0.25) is 0 Å². The minimum Gasteiger partial charge on any atom is -0.394 e. The Morgan fingerprint density at radius 3 is 0.351 bits per heavy atom. The molecule has 0 aromatic heterocycles. The van der Waals surface area contributed by atoms with E-state index in [1.807, 2.05) is 0 Å². The fraction of sp³-hybridized carbons (Fsp3) is 1.00. The molecule has 21 aliphatic heterocycles. The van der Waals surface area contributed by atoms with Crippen LogP contribution in [0.15, 0.2) is 0 Å². The third-order valence-electron chi connectivity index (χ3n) is 14.8. The Balaban J connectivity index is 1.08. The highest BCUT2D eigenvalue weighted by molar-refractivity contribution is 5.01. The topological polar surface area (TPSA) is 554 Å². The summed E-state index contributed by atoms with van der Waals surface area (Å²) in [6.07, 6.45) is -70.2. The van der Waals surface area contributed by atoms with E-state index < -0.39 is 261 Å². The lowest BCUT2D eigenvalue weighted by atomic mass is 9.95. The first-order valence-corrected chi connectivity index (χ1v) is 24.6. The number of aliphatic hydroxyl groups excluding tert-OH is 21. The van der Waals surface area contributed by atoms with E-state index in [9.17, 15) is 107 Å². The number of hydrogen-bond donors (Lipinski definition) is 21. The molecule has 0 radical (unpaired) electrons. The lowest BCUT2D eigenvalue weighted by Crippen LogP contribution is -2.68. The van der Waals surface area contributed by atoms with Crippen molar-refractivity contribution in [2.45, 2.75) is 215 Å². The molecule has 0 spiro atoms. The minimum atomic E-state index is -2.21. The van der Waals surface area contributed by atoms with Crippen LogP contribution in [0, 0.1) is 0 Å².